The molecule has 7 heteroatoms. The molecule has 0 saturated carbocycles. The lowest BCUT2D eigenvalue weighted by Crippen LogP contribution is -2.14. The van der Waals surface area contributed by atoms with Crippen LogP contribution in [0.5, 0.6) is 5.75 Å². The average Bonchev–Trinajstić information content (AvgIpc) is 3.13. The number of carbonyl (C=O) groups excluding carboxylic acids is 1. The maximum atomic E-state index is 12.7. The minimum atomic E-state index is -0.273. The molecule has 0 spiro atoms. The van der Waals surface area contributed by atoms with E-state index in [1.807, 2.05) is 34.9 Å². The molecule has 7 nitrogen and oxygen atoms in total. The van der Waals surface area contributed by atoms with Gasteiger partial charge >= 0.3 is 0 Å². The highest BCUT2D eigenvalue weighted by atomic mass is 16.5. The Kier molecular flexibility index (Phi) is 4.42. The van der Waals surface area contributed by atoms with Crippen LogP contribution in [0.15, 0.2) is 60.9 Å². The molecule has 1 aliphatic rings. The van der Waals surface area contributed by atoms with Crippen LogP contribution in [0, 0.1) is 0 Å². The molecule has 1 N–H and O–H groups in total. The summed E-state index contributed by atoms with van der Waals surface area (Å²) in [5.74, 6) is 1.38. The molecule has 0 atom stereocenters. The summed E-state index contributed by atoms with van der Waals surface area (Å²) in [7, 11) is 0. The van der Waals surface area contributed by atoms with Crippen LogP contribution in [-0.4, -0.2) is 32.3 Å². The Morgan fingerprint density at radius 3 is 2.96 bits per heavy atom. The first-order valence-electron chi connectivity index (χ1n) is 8.35. The summed E-state index contributed by atoms with van der Waals surface area (Å²) >= 11 is 0. The molecule has 2 aromatic heterocycles. The van der Waals surface area contributed by atoms with Crippen molar-refractivity contribution in [2.75, 3.05) is 11.9 Å². The lowest BCUT2D eigenvalue weighted by atomic mass is 10.2. The van der Waals surface area contributed by atoms with Gasteiger partial charge in [-0.05, 0) is 30.7 Å². The number of benzene rings is 1. The predicted molar refractivity (Wildman–Crippen MR) is 96.9 cm³/mol. The van der Waals surface area contributed by atoms with Crippen molar-refractivity contribution >= 4 is 11.7 Å². The van der Waals surface area contributed by atoms with Crippen molar-refractivity contribution in [3.63, 3.8) is 0 Å². The highest BCUT2D eigenvalue weighted by molar-refractivity contribution is 6.05. The van der Waals surface area contributed by atoms with E-state index < -0.39 is 0 Å². The van der Waals surface area contributed by atoms with Crippen LogP contribution in [0.25, 0.3) is 11.5 Å². The van der Waals surface area contributed by atoms with E-state index in [0.717, 1.165) is 13.0 Å². The Hall–Kier alpha value is -3.48. The molecule has 1 amide bonds. The van der Waals surface area contributed by atoms with Crippen LogP contribution in [0.2, 0.25) is 0 Å². The zero-order valence-corrected chi connectivity index (χ0v) is 14.0. The molecule has 3 heterocycles. The summed E-state index contributed by atoms with van der Waals surface area (Å²) in [6, 6.07) is 12.6. The number of fused-ring (bicyclic) bond motifs is 5. The smallest absolute Gasteiger partial charge is 0.260 e. The number of nitrogens with zero attached hydrogens (tertiary/aromatic N) is 4. The molecule has 0 unspecified atom stereocenters. The fourth-order valence-corrected chi connectivity index (χ4v) is 2.75. The van der Waals surface area contributed by atoms with Crippen molar-refractivity contribution in [2.45, 2.75) is 13.0 Å². The van der Waals surface area contributed by atoms with Crippen molar-refractivity contribution < 1.29 is 9.53 Å². The first-order valence-corrected chi connectivity index (χ1v) is 8.35. The van der Waals surface area contributed by atoms with Gasteiger partial charge in [-0.1, -0.05) is 30.4 Å². The molecule has 2 bridgehead atoms. The molecular weight excluding hydrogens is 330 g/mol. The summed E-state index contributed by atoms with van der Waals surface area (Å²) < 4.78 is 7.68. The number of amides is 1. The number of pyridine rings is 1. The predicted octanol–water partition coefficient (Wildman–Crippen LogP) is 2.93. The molecule has 130 valence electrons. The number of nitrogens with one attached hydrogen (secondary N) is 1. The van der Waals surface area contributed by atoms with Crippen LogP contribution in [0.1, 0.15) is 16.8 Å². The Bertz CT molecular complexity index is 964. The van der Waals surface area contributed by atoms with Crippen molar-refractivity contribution in [1.82, 2.24) is 19.7 Å². The third-order valence-electron chi connectivity index (χ3n) is 4.01. The van der Waals surface area contributed by atoms with E-state index in [0.29, 0.717) is 35.3 Å². The maximum Gasteiger partial charge on any atom is 0.260 e. The molecule has 1 aromatic carbocycles. The zero-order chi connectivity index (χ0) is 17.8. The number of ether oxygens (including phenoxy) is 1. The van der Waals surface area contributed by atoms with E-state index in [-0.39, 0.29) is 5.91 Å². The molecule has 0 radical (unpaired) electrons. The van der Waals surface area contributed by atoms with Gasteiger partial charge in [0.2, 0.25) is 0 Å². The maximum absolute atomic E-state index is 12.7. The second-order valence-electron chi connectivity index (χ2n) is 5.78. The van der Waals surface area contributed by atoms with E-state index in [9.17, 15) is 4.79 Å². The number of hydrogen-bond acceptors (Lipinski definition) is 5. The van der Waals surface area contributed by atoms with Gasteiger partial charge < -0.3 is 14.6 Å². The molecule has 3 aromatic rings. The van der Waals surface area contributed by atoms with Gasteiger partial charge in [0.15, 0.2) is 5.82 Å². The zero-order valence-electron chi connectivity index (χ0n) is 14.0. The molecule has 0 saturated heterocycles. The number of aryl methyl sites for hydroxylation is 1. The Balaban J connectivity index is 1.74. The highest BCUT2D eigenvalue weighted by Gasteiger charge is 2.14. The summed E-state index contributed by atoms with van der Waals surface area (Å²) in [6.07, 6.45) is 6.47. The molecule has 0 fully saturated rings. The van der Waals surface area contributed by atoms with E-state index >= 15 is 0 Å². The standard InChI is InChI=1S/C19H17N5O2/c25-19-14-7-2-3-9-16(14)26-12-5-1-4-11-24-13-20-23-18(24)15-8-6-10-17(21-15)22-19/h1-3,5-10,13H,4,11-12H2,(H,21,22,25)/b5-1-. The largest absolute Gasteiger partial charge is 0.489 e. The van der Waals surface area contributed by atoms with Gasteiger partial charge in [0.1, 0.15) is 30.2 Å². The molecule has 26 heavy (non-hydrogen) atoms. The van der Waals surface area contributed by atoms with Crippen LogP contribution < -0.4 is 10.1 Å². The van der Waals surface area contributed by atoms with Crippen molar-refractivity contribution in [2.24, 2.45) is 0 Å². The van der Waals surface area contributed by atoms with Crippen molar-refractivity contribution in [1.29, 1.82) is 0 Å². The van der Waals surface area contributed by atoms with Gasteiger partial charge in [-0.2, -0.15) is 0 Å². The van der Waals surface area contributed by atoms with Gasteiger partial charge in [-0.25, -0.2) is 4.98 Å². The number of rotatable bonds is 0. The minimum absolute atomic E-state index is 0.273. The molecule has 1 aliphatic heterocycles. The second-order valence-corrected chi connectivity index (χ2v) is 5.78. The average molecular weight is 347 g/mol. The normalized spacial score (nSPS) is 15.5. The van der Waals surface area contributed by atoms with E-state index in [1.54, 1.807) is 30.6 Å². The van der Waals surface area contributed by atoms with E-state index in [2.05, 4.69) is 20.5 Å². The first-order chi connectivity index (χ1) is 12.8. The quantitative estimate of drug-likeness (QED) is 0.632. The number of carbonyl (C=O) groups is 1. The van der Waals surface area contributed by atoms with Gasteiger partial charge in [-0.3, -0.25) is 4.79 Å². The summed E-state index contributed by atoms with van der Waals surface area (Å²) in [5, 5.41) is 11.0. The van der Waals surface area contributed by atoms with Gasteiger partial charge in [0.05, 0.1) is 5.56 Å². The number of anilines is 1. The van der Waals surface area contributed by atoms with Crippen LogP contribution >= 0.6 is 0 Å². The third kappa shape index (κ3) is 3.32. The highest BCUT2D eigenvalue weighted by Crippen LogP contribution is 2.21. The SMILES string of the molecule is O=C1Nc2cccc(n2)-c2nncn2CC/C=C\COc2ccccc21. The molecule has 4 rings (SSSR count). The van der Waals surface area contributed by atoms with Crippen molar-refractivity contribution in [3.8, 4) is 17.3 Å². The summed E-state index contributed by atoms with van der Waals surface area (Å²) in [5.41, 5.74) is 1.12. The third-order valence-corrected chi connectivity index (χ3v) is 4.01. The first kappa shape index (κ1) is 16.0. The Morgan fingerprint density at radius 2 is 2.00 bits per heavy atom. The Morgan fingerprint density at radius 1 is 1.08 bits per heavy atom. The Labute approximate surface area is 150 Å². The lowest BCUT2D eigenvalue weighted by molar-refractivity contribution is 0.102. The number of allylic oxidation sites excluding steroid dienone is 1. The van der Waals surface area contributed by atoms with Crippen LogP contribution in [0.4, 0.5) is 5.82 Å². The summed E-state index contributed by atoms with van der Waals surface area (Å²) in [6.45, 7) is 1.12. The van der Waals surface area contributed by atoms with Gasteiger partial charge in [-0.15, -0.1) is 10.2 Å². The fraction of sp³-hybridized carbons (Fsp3) is 0.158. The van der Waals surface area contributed by atoms with Crippen LogP contribution in [-0.2, 0) is 6.54 Å². The summed E-state index contributed by atoms with van der Waals surface area (Å²) in [4.78, 5) is 17.2. The van der Waals surface area contributed by atoms with E-state index in [1.165, 1.54) is 0 Å². The van der Waals surface area contributed by atoms with Gasteiger partial charge in [0.25, 0.3) is 5.91 Å². The fourth-order valence-electron chi connectivity index (χ4n) is 2.75. The van der Waals surface area contributed by atoms with Gasteiger partial charge in [0, 0.05) is 6.54 Å². The van der Waals surface area contributed by atoms with Crippen LogP contribution in [0.3, 0.4) is 0 Å². The van der Waals surface area contributed by atoms with E-state index in [4.69, 9.17) is 4.74 Å². The topological polar surface area (TPSA) is 81.9 Å². The molecule has 0 aliphatic carbocycles. The number of hydrogen-bond donors (Lipinski definition) is 1. The lowest BCUT2D eigenvalue weighted by Gasteiger charge is -2.10. The number of aromatic nitrogens is 4. The number of para-hydroxylation sites is 1. The monoisotopic (exact) mass is 347 g/mol. The van der Waals surface area contributed by atoms with Crippen molar-refractivity contribution in [3.05, 3.63) is 66.5 Å². The second kappa shape index (κ2) is 7.18. The minimum Gasteiger partial charge on any atom is -0.489 e. The molecular formula is C19H17N5O2.